The third-order valence-corrected chi connectivity index (χ3v) is 5.20. The fourth-order valence-electron chi connectivity index (χ4n) is 3.94. The van der Waals surface area contributed by atoms with Crippen LogP contribution < -0.4 is 10.2 Å². The van der Waals surface area contributed by atoms with Crippen LogP contribution in [0.5, 0.6) is 0 Å². The summed E-state index contributed by atoms with van der Waals surface area (Å²) in [7, 11) is 0. The molecule has 2 amide bonds. The van der Waals surface area contributed by atoms with E-state index in [0.717, 1.165) is 12.5 Å². The lowest BCUT2D eigenvalue weighted by atomic mass is 9.75. The summed E-state index contributed by atoms with van der Waals surface area (Å²) in [6.45, 7) is 9.99. The summed E-state index contributed by atoms with van der Waals surface area (Å²) in [6.07, 6.45) is 4.68. The van der Waals surface area contributed by atoms with Crippen molar-refractivity contribution in [2.24, 2.45) is 11.8 Å². The van der Waals surface area contributed by atoms with E-state index >= 15 is 0 Å². The van der Waals surface area contributed by atoms with Gasteiger partial charge in [0.15, 0.2) is 0 Å². The Morgan fingerprint density at radius 3 is 2.90 bits per heavy atom. The van der Waals surface area contributed by atoms with Crippen LogP contribution in [0.1, 0.15) is 12.8 Å². The number of piperidine rings is 3. The molecule has 4 fully saturated rings. The summed E-state index contributed by atoms with van der Waals surface area (Å²) in [5.74, 6) is 1.47. The number of amides is 2. The average Bonchev–Trinajstić information content (AvgIpc) is 2.53. The van der Waals surface area contributed by atoms with Crippen LogP contribution >= 0.6 is 0 Å². The van der Waals surface area contributed by atoms with E-state index in [0.29, 0.717) is 38.3 Å². The first-order chi connectivity index (χ1) is 9.78. The summed E-state index contributed by atoms with van der Waals surface area (Å²) in [6, 6.07) is 0.672. The second-order valence-corrected chi connectivity index (χ2v) is 6.28. The first-order valence-corrected chi connectivity index (χ1v) is 7.85. The minimum absolute atomic E-state index is 0.0793. The number of ether oxygens (including phenoxy) is 1. The van der Waals surface area contributed by atoms with Gasteiger partial charge in [0, 0.05) is 31.8 Å². The van der Waals surface area contributed by atoms with Crippen LogP contribution in [0, 0.1) is 11.8 Å². The van der Waals surface area contributed by atoms with Gasteiger partial charge in [-0.05, 0) is 5.92 Å². The monoisotopic (exact) mass is 280 g/mol. The van der Waals surface area contributed by atoms with Crippen LogP contribution in [0.2, 0.25) is 0 Å². The molecule has 20 heavy (non-hydrogen) atoms. The molecule has 5 heteroatoms. The lowest BCUT2D eigenvalue weighted by Gasteiger charge is -2.46. The van der Waals surface area contributed by atoms with E-state index in [1.54, 1.807) is 4.90 Å². The maximum Gasteiger partial charge on any atom is 0.317 e. The molecule has 1 unspecified atom stereocenters. The lowest BCUT2D eigenvalue weighted by molar-refractivity contribution is -0.944. The third-order valence-electron chi connectivity index (χ3n) is 5.20. The highest BCUT2D eigenvalue weighted by Gasteiger charge is 2.42. The molecule has 0 aliphatic carbocycles. The molecule has 2 N–H and O–H groups in total. The molecule has 0 aromatic carbocycles. The van der Waals surface area contributed by atoms with E-state index < -0.39 is 0 Å². The second-order valence-electron chi connectivity index (χ2n) is 6.28. The minimum atomic E-state index is 0.0793. The van der Waals surface area contributed by atoms with E-state index in [9.17, 15) is 4.79 Å². The van der Waals surface area contributed by atoms with Gasteiger partial charge in [0.1, 0.15) is 6.04 Å². The molecule has 4 saturated heterocycles. The highest BCUT2D eigenvalue weighted by atomic mass is 16.5. The summed E-state index contributed by atoms with van der Waals surface area (Å²) in [4.78, 5) is 15.6. The van der Waals surface area contributed by atoms with E-state index in [4.69, 9.17) is 4.74 Å². The average molecular weight is 280 g/mol. The maximum absolute atomic E-state index is 12.1. The molecule has 0 aromatic heterocycles. The number of urea groups is 1. The van der Waals surface area contributed by atoms with Gasteiger partial charge in [-0.3, -0.25) is 0 Å². The zero-order valence-corrected chi connectivity index (χ0v) is 12.1. The standard InChI is InChI=1S/C15H25N3O2/c1-2-12-11-18-4-3-13(12)9-14(18)10-16-15(19)17-5-7-20-8-6-17/h2,12-14H,1,3-11H2,(H,16,19)/p+1/t12-,13+,14+/m0/s1. The number of fused-ring (bicyclic) bond motifs is 3. The van der Waals surface area contributed by atoms with Gasteiger partial charge in [-0.15, -0.1) is 6.58 Å². The van der Waals surface area contributed by atoms with Gasteiger partial charge in [0.25, 0.3) is 0 Å². The fourth-order valence-corrected chi connectivity index (χ4v) is 3.94. The number of rotatable bonds is 3. The predicted octanol–water partition coefficient (Wildman–Crippen LogP) is -0.492. The van der Waals surface area contributed by atoms with Crippen molar-refractivity contribution in [2.75, 3.05) is 45.9 Å². The smallest absolute Gasteiger partial charge is 0.317 e. The Balaban J connectivity index is 1.47. The molecule has 2 bridgehead atoms. The molecule has 4 heterocycles. The van der Waals surface area contributed by atoms with Gasteiger partial charge < -0.3 is 19.9 Å². The maximum atomic E-state index is 12.1. The number of quaternary nitrogens is 1. The van der Waals surface area contributed by atoms with Crippen molar-refractivity contribution in [3.05, 3.63) is 12.7 Å². The Bertz CT molecular complexity index is 368. The van der Waals surface area contributed by atoms with Crippen molar-refractivity contribution in [3.8, 4) is 0 Å². The Labute approximate surface area is 120 Å². The molecular formula is C15H26N3O2+. The normalized spacial score (nSPS) is 36.7. The number of carbonyl (C=O) groups excluding carboxylic acids is 1. The highest BCUT2D eigenvalue weighted by molar-refractivity contribution is 5.74. The first-order valence-electron chi connectivity index (χ1n) is 7.85. The van der Waals surface area contributed by atoms with Gasteiger partial charge in [0.2, 0.25) is 0 Å². The van der Waals surface area contributed by atoms with Crippen molar-refractivity contribution in [1.82, 2.24) is 10.2 Å². The highest BCUT2D eigenvalue weighted by Crippen LogP contribution is 2.27. The second kappa shape index (κ2) is 6.14. The van der Waals surface area contributed by atoms with Gasteiger partial charge >= 0.3 is 6.03 Å². The SMILES string of the molecule is C=C[C@H]1C[NH+]2CC[C@@H]1C[C@@H]2CNC(=O)N1CCOCC1. The molecule has 5 nitrogen and oxygen atoms in total. The Morgan fingerprint density at radius 1 is 1.45 bits per heavy atom. The quantitative estimate of drug-likeness (QED) is 0.685. The fraction of sp³-hybridized carbons (Fsp3) is 0.800. The van der Waals surface area contributed by atoms with Gasteiger partial charge in [-0.2, -0.15) is 0 Å². The van der Waals surface area contributed by atoms with Crippen LogP contribution in [0.15, 0.2) is 12.7 Å². The largest absolute Gasteiger partial charge is 0.378 e. The lowest BCUT2D eigenvalue weighted by Crippen LogP contribution is -3.20. The molecule has 0 aromatic rings. The van der Waals surface area contributed by atoms with Crippen LogP contribution in [-0.4, -0.2) is 62.9 Å². The Kier molecular flexibility index (Phi) is 4.27. The summed E-state index contributed by atoms with van der Waals surface area (Å²) in [5, 5.41) is 3.12. The zero-order valence-electron chi connectivity index (χ0n) is 12.1. The molecule has 4 rings (SSSR count). The third kappa shape index (κ3) is 2.83. The number of nitrogens with zero attached hydrogens (tertiary/aromatic N) is 1. The first kappa shape index (κ1) is 13.9. The van der Waals surface area contributed by atoms with E-state index in [1.807, 2.05) is 4.90 Å². The van der Waals surface area contributed by atoms with Crippen LogP contribution in [0.4, 0.5) is 4.79 Å². The van der Waals surface area contributed by atoms with Crippen LogP contribution in [0.3, 0.4) is 0 Å². The van der Waals surface area contributed by atoms with Crippen molar-refractivity contribution in [2.45, 2.75) is 18.9 Å². The molecule has 112 valence electrons. The van der Waals surface area contributed by atoms with Crippen molar-refractivity contribution in [3.63, 3.8) is 0 Å². The van der Waals surface area contributed by atoms with E-state index in [1.165, 1.54) is 25.9 Å². The molecular weight excluding hydrogens is 254 g/mol. The van der Waals surface area contributed by atoms with E-state index in [-0.39, 0.29) is 6.03 Å². The number of carbonyl (C=O) groups is 1. The zero-order chi connectivity index (χ0) is 13.9. The van der Waals surface area contributed by atoms with Gasteiger partial charge in [-0.1, -0.05) is 6.08 Å². The van der Waals surface area contributed by atoms with Gasteiger partial charge in [-0.25, -0.2) is 4.79 Å². The summed E-state index contributed by atoms with van der Waals surface area (Å²) < 4.78 is 5.27. The minimum Gasteiger partial charge on any atom is -0.378 e. The number of morpholine rings is 1. The van der Waals surface area contributed by atoms with Crippen LogP contribution in [0.25, 0.3) is 0 Å². The van der Waals surface area contributed by atoms with Crippen molar-refractivity contribution < 1.29 is 14.4 Å². The van der Waals surface area contributed by atoms with Crippen LogP contribution in [-0.2, 0) is 4.74 Å². The molecule has 0 spiro atoms. The number of hydrogen-bond donors (Lipinski definition) is 2. The Hall–Kier alpha value is -1.07. The van der Waals surface area contributed by atoms with E-state index in [2.05, 4.69) is 18.0 Å². The van der Waals surface area contributed by atoms with Gasteiger partial charge in [0.05, 0.1) is 32.8 Å². The molecule has 4 aliphatic heterocycles. The van der Waals surface area contributed by atoms with Crippen molar-refractivity contribution >= 4 is 6.03 Å². The molecule has 4 aliphatic rings. The summed E-state index contributed by atoms with van der Waals surface area (Å²) in [5.41, 5.74) is 0. The number of nitrogens with one attached hydrogen (secondary N) is 2. The topological polar surface area (TPSA) is 46.0 Å². The molecule has 4 atom stereocenters. The van der Waals surface area contributed by atoms with Crippen molar-refractivity contribution in [1.29, 1.82) is 0 Å². The predicted molar refractivity (Wildman–Crippen MR) is 76.7 cm³/mol. The molecule has 0 saturated carbocycles. The summed E-state index contributed by atoms with van der Waals surface area (Å²) >= 11 is 0. The molecule has 0 radical (unpaired) electrons. The Morgan fingerprint density at radius 2 is 2.25 bits per heavy atom. The number of hydrogen-bond acceptors (Lipinski definition) is 2.